The van der Waals surface area contributed by atoms with Gasteiger partial charge in [-0.3, -0.25) is 9.69 Å². The number of carboxylic acid groups (broad SMARTS) is 1. The second-order valence-corrected chi connectivity index (χ2v) is 4.73. The number of nitrogens with zero attached hydrogens (tertiary/aromatic N) is 2. The van der Waals surface area contributed by atoms with Crippen LogP contribution in [0, 0.1) is 5.82 Å². The van der Waals surface area contributed by atoms with Gasteiger partial charge in [0.15, 0.2) is 5.76 Å². The molecule has 0 saturated heterocycles. The zero-order valence-corrected chi connectivity index (χ0v) is 11.8. The van der Waals surface area contributed by atoms with E-state index in [1.165, 1.54) is 12.1 Å². The molecule has 0 fully saturated rings. The number of hydrogen-bond donors (Lipinski definition) is 1. The molecule has 2 rings (SSSR count). The summed E-state index contributed by atoms with van der Waals surface area (Å²) in [5, 5.41) is 8.87. The summed E-state index contributed by atoms with van der Waals surface area (Å²) in [4.78, 5) is 16.7. The fourth-order valence-electron chi connectivity index (χ4n) is 2.04. The van der Waals surface area contributed by atoms with E-state index in [-0.39, 0.29) is 12.4 Å². The van der Waals surface area contributed by atoms with Crippen LogP contribution in [0.5, 0.6) is 0 Å². The van der Waals surface area contributed by atoms with Crippen LogP contribution in [-0.4, -0.2) is 34.0 Å². The average Bonchev–Trinajstić information content (AvgIpc) is 2.87. The Balaban J connectivity index is 2.07. The highest BCUT2D eigenvalue weighted by atomic mass is 19.1. The second kappa shape index (κ2) is 6.99. The van der Waals surface area contributed by atoms with Gasteiger partial charge in [0.05, 0.1) is 19.3 Å². The van der Waals surface area contributed by atoms with Crippen LogP contribution in [-0.2, 0) is 11.3 Å². The molecule has 0 unspecified atom stereocenters. The van der Waals surface area contributed by atoms with Crippen LogP contribution in [0.15, 0.2) is 34.9 Å². The van der Waals surface area contributed by atoms with E-state index >= 15 is 0 Å². The van der Waals surface area contributed by atoms with E-state index in [1.54, 1.807) is 23.2 Å². The third kappa shape index (κ3) is 4.39. The molecule has 1 aromatic heterocycles. The highest BCUT2D eigenvalue weighted by molar-refractivity contribution is 5.69. The lowest BCUT2D eigenvalue weighted by molar-refractivity contribution is -0.138. The van der Waals surface area contributed by atoms with Gasteiger partial charge in [-0.15, -0.1) is 0 Å². The number of carbonyl (C=O) groups is 1. The van der Waals surface area contributed by atoms with Crippen molar-refractivity contribution in [3.63, 3.8) is 0 Å². The van der Waals surface area contributed by atoms with Gasteiger partial charge in [-0.05, 0) is 37.2 Å². The first-order valence-corrected chi connectivity index (χ1v) is 6.73. The summed E-state index contributed by atoms with van der Waals surface area (Å²) in [5.74, 6) is -0.205. The summed E-state index contributed by atoms with van der Waals surface area (Å²) in [6.07, 6.45) is 2.41. The third-order valence-electron chi connectivity index (χ3n) is 2.94. The highest BCUT2D eigenvalue weighted by Crippen LogP contribution is 2.21. The molecule has 1 heterocycles. The number of aromatic nitrogens is 1. The zero-order chi connectivity index (χ0) is 15.2. The molecule has 0 spiro atoms. The Morgan fingerprint density at radius 2 is 2.10 bits per heavy atom. The Kier molecular flexibility index (Phi) is 5.05. The Morgan fingerprint density at radius 3 is 2.71 bits per heavy atom. The van der Waals surface area contributed by atoms with E-state index < -0.39 is 5.97 Å². The summed E-state index contributed by atoms with van der Waals surface area (Å²) < 4.78 is 18.5. The van der Waals surface area contributed by atoms with Gasteiger partial charge in [-0.2, -0.15) is 0 Å². The predicted molar refractivity (Wildman–Crippen MR) is 75.1 cm³/mol. The molecule has 0 amide bonds. The topological polar surface area (TPSA) is 66.6 Å². The van der Waals surface area contributed by atoms with Crippen molar-refractivity contribution >= 4 is 5.97 Å². The van der Waals surface area contributed by atoms with Crippen LogP contribution >= 0.6 is 0 Å². The minimum absolute atomic E-state index is 0.0535. The van der Waals surface area contributed by atoms with Gasteiger partial charge >= 0.3 is 5.97 Å². The average molecular weight is 292 g/mol. The molecule has 0 bridgehead atoms. The minimum Gasteiger partial charge on any atom is -0.480 e. The zero-order valence-electron chi connectivity index (χ0n) is 11.8. The summed E-state index contributed by atoms with van der Waals surface area (Å²) in [6.45, 7) is 2.92. The lowest BCUT2D eigenvalue weighted by Gasteiger charge is -2.16. The molecular formula is C15H17FN2O3. The Hall–Kier alpha value is -2.21. The van der Waals surface area contributed by atoms with Crippen LogP contribution in [0.25, 0.3) is 11.3 Å². The van der Waals surface area contributed by atoms with Gasteiger partial charge in [-0.1, -0.05) is 6.92 Å². The first kappa shape index (κ1) is 15.2. The number of oxazole rings is 1. The number of rotatable bonds is 7. The molecule has 1 aromatic carbocycles. The molecule has 0 saturated carbocycles. The molecule has 5 nitrogen and oxygen atoms in total. The molecule has 6 heteroatoms. The maximum Gasteiger partial charge on any atom is 0.317 e. The lowest BCUT2D eigenvalue weighted by Crippen LogP contribution is -2.30. The lowest BCUT2D eigenvalue weighted by atomic mass is 10.2. The van der Waals surface area contributed by atoms with Crippen molar-refractivity contribution in [3.05, 3.63) is 42.2 Å². The van der Waals surface area contributed by atoms with E-state index in [0.29, 0.717) is 24.7 Å². The van der Waals surface area contributed by atoms with Crippen LogP contribution in [0.4, 0.5) is 4.39 Å². The molecule has 21 heavy (non-hydrogen) atoms. The molecule has 112 valence electrons. The highest BCUT2D eigenvalue weighted by Gasteiger charge is 2.13. The Morgan fingerprint density at radius 1 is 1.38 bits per heavy atom. The van der Waals surface area contributed by atoms with Crippen LogP contribution in [0.2, 0.25) is 0 Å². The fourth-order valence-corrected chi connectivity index (χ4v) is 2.04. The van der Waals surface area contributed by atoms with Crippen molar-refractivity contribution in [2.24, 2.45) is 0 Å². The van der Waals surface area contributed by atoms with E-state index in [2.05, 4.69) is 4.98 Å². The standard InChI is InChI=1S/C15H17FN2O3/c1-2-7-18(10-15(19)20)9-14-17-8-13(21-14)11-3-5-12(16)6-4-11/h3-6,8H,2,7,9-10H2,1H3,(H,19,20). The summed E-state index contributed by atoms with van der Waals surface area (Å²) in [6, 6.07) is 5.93. The first-order valence-electron chi connectivity index (χ1n) is 6.73. The molecule has 0 radical (unpaired) electrons. The number of aliphatic carboxylic acids is 1. The third-order valence-corrected chi connectivity index (χ3v) is 2.94. The second-order valence-electron chi connectivity index (χ2n) is 4.73. The Labute approximate surface area is 122 Å². The SMILES string of the molecule is CCCN(CC(=O)O)Cc1ncc(-c2ccc(F)cc2)o1. The molecule has 0 atom stereocenters. The molecule has 0 aliphatic carbocycles. The number of benzene rings is 1. The van der Waals surface area contributed by atoms with Crippen LogP contribution in [0.3, 0.4) is 0 Å². The van der Waals surface area contributed by atoms with Crippen LogP contribution < -0.4 is 0 Å². The first-order chi connectivity index (χ1) is 10.1. The summed E-state index contributed by atoms with van der Waals surface area (Å²) in [7, 11) is 0. The summed E-state index contributed by atoms with van der Waals surface area (Å²) in [5.41, 5.74) is 0.732. The van der Waals surface area contributed by atoms with Crippen molar-refractivity contribution in [3.8, 4) is 11.3 Å². The van der Waals surface area contributed by atoms with Crippen molar-refractivity contribution < 1.29 is 18.7 Å². The van der Waals surface area contributed by atoms with E-state index in [1.807, 2.05) is 6.92 Å². The van der Waals surface area contributed by atoms with Gasteiger partial charge in [0.25, 0.3) is 0 Å². The quantitative estimate of drug-likeness (QED) is 0.850. The van der Waals surface area contributed by atoms with E-state index in [0.717, 1.165) is 12.0 Å². The Bertz CT molecular complexity index is 595. The maximum atomic E-state index is 12.9. The van der Waals surface area contributed by atoms with Gasteiger partial charge < -0.3 is 9.52 Å². The van der Waals surface area contributed by atoms with Crippen molar-refractivity contribution in [2.45, 2.75) is 19.9 Å². The summed E-state index contributed by atoms with van der Waals surface area (Å²) >= 11 is 0. The minimum atomic E-state index is -0.881. The monoisotopic (exact) mass is 292 g/mol. The van der Waals surface area contributed by atoms with Gasteiger partial charge in [-0.25, -0.2) is 9.37 Å². The van der Waals surface area contributed by atoms with E-state index in [9.17, 15) is 9.18 Å². The maximum absolute atomic E-state index is 12.9. The van der Waals surface area contributed by atoms with Crippen molar-refractivity contribution in [1.82, 2.24) is 9.88 Å². The van der Waals surface area contributed by atoms with Gasteiger partial charge in [0, 0.05) is 5.56 Å². The predicted octanol–water partition coefficient (Wildman–Crippen LogP) is 2.78. The molecule has 2 aromatic rings. The number of carboxylic acids is 1. The smallest absolute Gasteiger partial charge is 0.317 e. The molecule has 1 N–H and O–H groups in total. The largest absolute Gasteiger partial charge is 0.480 e. The normalized spacial score (nSPS) is 11.0. The van der Waals surface area contributed by atoms with Crippen molar-refractivity contribution in [1.29, 1.82) is 0 Å². The molecule has 0 aliphatic heterocycles. The van der Waals surface area contributed by atoms with Gasteiger partial charge in [0.1, 0.15) is 5.82 Å². The van der Waals surface area contributed by atoms with Crippen LogP contribution in [0.1, 0.15) is 19.2 Å². The van der Waals surface area contributed by atoms with Gasteiger partial charge in [0.2, 0.25) is 5.89 Å². The van der Waals surface area contributed by atoms with Crippen molar-refractivity contribution in [2.75, 3.05) is 13.1 Å². The number of hydrogen-bond acceptors (Lipinski definition) is 4. The van der Waals surface area contributed by atoms with E-state index in [4.69, 9.17) is 9.52 Å². The number of halogens is 1. The molecular weight excluding hydrogens is 275 g/mol. The molecule has 0 aliphatic rings. The fraction of sp³-hybridized carbons (Fsp3) is 0.333.